The molecular weight excluding hydrogens is 901 g/mol. The van der Waals surface area contributed by atoms with Crippen LogP contribution in [-0.4, -0.2) is 96.6 Å². The molecule has 1 aliphatic carbocycles. The minimum atomic E-state index is -4.54. The number of halogens is 4. The van der Waals surface area contributed by atoms with Crippen molar-refractivity contribution in [2.75, 3.05) is 69.0 Å². The summed E-state index contributed by atoms with van der Waals surface area (Å²) in [5.74, 6) is 2.05. The number of piperidine rings is 2. The second-order valence-electron chi connectivity index (χ2n) is 18.4. The van der Waals surface area contributed by atoms with Gasteiger partial charge in [-0.3, -0.25) is 24.6 Å². The summed E-state index contributed by atoms with van der Waals surface area (Å²) in [5.41, 5.74) is 8.83. The number of imide groups is 1. The number of carbonyl (C=O) groups is 4. The molecule has 2 atom stereocenters. The van der Waals surface area contributed by atoms with Gasteiger partial charge in [0.05, 0.1) is 34.9 Å². The number of hydrogen-bond donors (Lipinski definition) is 3. The number of hydrogen-bond acceptors (Lipinski definition) is 10. The van der Waals surface area contributed by atoms with Crippen LogP contribution in [0.3, 0.4) is 0 Å². The number of carbonyl (C=O) groups excluding carboxylic acids is 4. The summed E-state index contributed by atoms with van der Waals surface area (Å²) in [6.45, 7) is 7.66. The fraction of sp³-hybridized carbons (Fsp3) is 0.480. The third kappa shape index (κ3) is 11.2. The lowest BCUT2D eigenvalue weighted by Crippen LogP contribution is -2.49. The van der Waals surface area contributed by atoms with Gasteiger partial charge >= 0.3 is 12.2 Å². The van der Waals surface area contributed by atoms with Crippen LogP contribution >= 0.6 is 11.6 Å². The lowest BCUT2D eigenvalue weighted by Gasteiger charge is -2.35. The molecule has 18 heteroatoms. The molecule has 4 aromatic rings. The van der Waals surface area contributed by atoms with Gasteiger partial charge in [0.25, 0.3) is 5.91 Å². The normalized spacial score (nSPS) is 19.2. The van der Waals surface area contributed by atoms with Crippen LogP contribution in [0.5, 0.6) is 5.75 Å². The molecule has 68 heavy (non-hydrogen) atoms. The number of ether oxygens (including phenoxy) is 2. The van der Waals surface area contributed by atoms with Gasteiger partial charge < -0.3 is 30.3 Å². The molecule has 0 bridgehead atoms. The highest BCUT2D eigenvalue weighted by Crippen LogP contribution is 2.40. The summed E-state index contributed by atoms with van der Waals surface area (Å²) >= 11 is 6.39. The summed E-state index contributed by atoms with van der Waals surface area (Å²) in [7, 11) is 1.60. The van der Waals surface area contributed by atoms with Gasteiger partial charge in [0.1, 0.15) is 17.4 Å². The molecule has 0 spiro atoms. The van der Waals surface area contributed by atoms with Crippen molar-refractivity contribution in [2.24, 2.45) is 17.8 Å². The number of anilines is 3. The number of nitrogens with one attached hydrogen (secondary N) is 2. The Morgan fingerprint density at radius 1 is 0.941 bits per heavy atom. The number of aromatic nitrogens is 2. The van der Waals surface area contributed by atoms with Crippen molar-refractivity contribution in [3.8, 4) is 5.75 Å². The first-order chi connectivity index (χ1) is 32.5. The molecule has 3 saturated heterocycles. The quantitative estimate of drug-likeness (QED) is 0.0867. The van der Waals surface area contributed by atoms with Crippen LogP contribution in [0.2, 0.25) is 5.02 Å². The molecule has 1 unspecified atom stereocenters. The molecule has 4 aliphatic rings. The van der Waals surface area contributed by atoms with Crippen molar-refractivity contribution >= 4 is 69.0 Å². The summed E-state index contributed by atoms with van der Waals surface area (Å²) in [5, 5.41) is 6.62. The van der Waals surface area contributed by atoms with Crippen LogP contribution in [0.25, 0.3) is 16.5 Å². The Hall–Kier alpha value is -5.94. The average molecular weight is 960 g/mol. The van der Waals surface area contributed by atoms with E-state index in [2.05, 4.69) is 26.7 Å². The van der Waals surface area contributed by atoms with Crippen molar-refractivity contribution < 1.29 is 41.8 Å². The van der Waals surface area contributed by atoms with Crippen LogP contribution in [-0.2, 0) is 20.5 Å². The maximum atomic E-state index is 13.8. The predicted octanol–water partition coefficient (Wildman–Crippen LogP) is 9.20. The molecule has 3 aliphatic heterocycles. The van der Waals surface area contributed by atoms with E-state index >= 15 is 0 Å². The number of amides is 5. The molecule has 5 amide bonds. The number of benzene rings is 3. The number of urea groups is 1. The Bertz CT molecular complexity index is 2590. The molecule has 8 rings (SSSR count). The maximum Gasteiger partial charge on any atom is 0.416 e. The number of aryl methyl sites for hydroxylation is 1. The molecule has 4 N–H and O–H groups in total. The van der Waals surface area contributed by atoms with E-state index in [1.54, 1.807) is 39.2 Å². The first kappa shape index (κ1) is 48.5. The number of methoxy groups -OCH3 is 1. The predicted molar refractivity (Wildman–Crippen MR) is 254 cm³/mol. The van der Waals surface area contributed by atoms with Crippen LogP contribution in [0.1, 0.15) is 104 Å². The van der Waals surface area contributed by atoms with Gasteiger partial charge in [0.15, 0.2) is 0 Å². The fourth-order valence-electron chi connectivity index (χ4n) is 9.82. The van der Waals surface area contributed by atoms with E-state index < -0.39 is 23.8 Å². The number of nitrogens with two attached hydrogens (primary N) is 1. The van der Waals surface area contributed by atoms with E-state index in [4.69, 9.17) is 26.8 Å². The Morgan fingerprint density at radius 3 is 2.37 bits per heavy atom. The molecule has 14 nitrogen and oxygen atoms in total. The standard InChI is InChI=1S/C50H58ClF3N8O6/c1-29(36-22-37(50(52,53)54)25-38(55)23-36)56-46-40-26-39(44(67-3)27-42(40)57-30(2)58-46)33-4-6-34(7-5-33)47(64)60-16-10-31(11-17-60)15-21-68-28-32-12-18-61(19-13-32)48(65)35-8-9-41(51)43(24-35)62-20-14-45(63)59-49(62)66/h4,8-9,22-27,29,31-32,34H,5-7,10-21,28,55H2,1-3H3,(H,56,57,58)(H,59,63,66)/t29-,34?/m1/s1. The van der Waals surface area contributed by atoms with Crippen molar-refractivity contribution in [1.29, 1.82) is 0 Å². The van der Waals surface area contributed by atoms with Crippen molar-refractivity contribution in [3.05, 3.63) is 87.7 Å². The Morgan fingerprint density at radius 2 is 1.68 bits per heavy atom. The van der Waals surface area contributed by atoms with Gasteiger partial charge in [-0.15, -0.1) is 0 Å². The molecule has 0 radical (unpaired) electrons. The van der Waals surface area contributed by atoms with E-state index in [0.29, 0.717) is 108 Å². The number of nitrogens with zero attached hydrogens (tertiary/aromatic N) is 5. The monoisotopic (exact) mass is 958 g/mol. The minimum absolute atomic E-state index is 0.0206. The lowest BCUT2D eigenvalue weighted by atomic mass is 9.84. The SMILES string of the molecule is COc1cc2nc(C)nc(N[C@H](C)c3cc(N)cc(C(F)(F)F)c3)c2cc1C1=CCC(C(=O)N2CCC(CCOCC3CCN(C(=O)c4ccc(Cl)c(N5CCC(=O)NC5=O)c4)CC3)CC2)CC1. The highest BCUT2D eigenvalue weighted by molar-refractivity contribution is 6.34. The van der Waals surface area contributed by atoms with Crippen LogP contribution in [0.15, 0.2) is 54.6 Å². The number of allylic oxidation sites excluding steroid dienone is 2. The second kappa shape index (κ2) is 20.7. The molecule has 1 aromatic heterocycles. The van der Waals surface area contributed by atoms with Gasteiger partial charge in [0, 0.05) is 86.5 Å². The number of likely N-dealkylation sites (tertiary alicyclic amines) is 2. The molecule has 3 fully saturated rings. The van der Waals surface area contributed by atoms with Crippen molar-refractivity contribution in [3.63, 3.8) is 0 Å². The molecule has 0 saturated carbocycles. The largest absolute Gasteiger partial charge is 0.496 e. The summed E-state index contributed by atoms with van der Waals surface area (Å²) < 4.78 is 52.8. The van der Waals surface area contributed by atoms with Gasteiger partial charge in [-0.05, 0) is 131 Å². The lowest BCUT2D eigenvalue weighted by molar-refractivity contribution is -0.138. The third-order valence-corrected chi connectivity index (χ3v) is 14.1. The third-order valence-electron chi connectivity index (χ3n) is 13.8. The number of alkyl halides is 3. The van der Waals surface area contributed by atoms with E-state index in [0.717, 1.165) is 68.5 Å². The van der Waals surface area contributed by atoms with E-state index in [-0.39, 0.29) is 42.3 Å². The summed E-state index contributed by atoms with van der Waals surface area (Å²) in [4.78, 5) is 65.7. The molecule has 362 valence electrons. The zero-order valence-electron chi connectivity index (χ0n) is 38.6. The van der Waals surface area contributed by atoms with Crippen LogP contribution in [0.4, 0.5) is 35.2 Å². The molecular formula is C50H58ClF3N8O6. The van der Waals surface area contributed by atoms with Crippen molar-refractivity contribution in [2.45, 2.75) is 83.9 Å². The zero-order valence-corrected chi connectivity index (χ0v) is 39.3. The Balaban J connectivity index is 0.786. The fourth-order valence-corrected chi connectivity index (χ4v) is 10.0. The summed E-state index contributed by atoms with van der Waals surface area (Å²) in [6.07, 6.45) is 4.17. The van der Waals surface area contributed by atoms with Gasteiger partial charge in [-0.2, -0.15) is 13.2 Å². The first-order valence-corrected chi connectivity index (χ1v) is 23.8. The van der Waals surface area contributed by atoms with E-state index in [1.165, 1.54) is 11.0 Å². The highest BCUT2D eigenvalue weighted by atomic mass is 35.5. The maximum absolute atomic E-state index is 13.8. The van der Waals surface area contributed by atoms with E-state index in [1.807, 2.05) is 21.9 Å². The van der Waals surface area contributed by atoms with Gasteiger partial charge in [-0.1, -0.05) is 17.7 Å². The minimum Gasteiger partial charge on any atom is -0.496 e. The van der Waals surface area contributed by atoms with Gasteiger partial charge in [0.2, 0.25) is 11.8 Å². The Labute approximate surface area is 398 Å². The van der Waals surface area contributed by atoms with Crippen LogP contribution < -0.4 is 26.0 Å². The van der Waals surface area contributed by atoms with Crippen molar-refractivity contribution in [1.82, 2.24) is 25.1 Å². The van der Waals surface area contributed by atoms with Gasteiger partial charge in [-0.25, -0.2) is 14.8 Å². The molecule has 4 heterocycles. The van der Waals surface area contributed by atoms with Crippen LogP contribution in [0, 0.1) is 24.7 Å². The first-order valence-electron chi connectivity index (χ1n) is 23.4. The topological polar surface area (TPSA) is 172 Å². The molecule has 3 aromatic carbocycles. The average Bonchev–Trinajstić information content (AvgIpc) is 3.32. The number of nitrogen functional groups attached to an aromatic ring is 1. The second-order valence-corrected chi connectivity index (χ2v) is 18.8. The number of rotatable bonds is 13. The zero-order chi connectivity index (χ0) is 48.3. The smallest absolute Gasteiger partial charge is 0.416 e. The highest BCUT2D eigenvalue weighted by Gasteiger charge is 2.33. The van der Waals surface area contributed by atoms with E-state index in [9.17, 15) is 32.3 Å². The number of fused-ring (bicyclic) bond motifs is 1. The summed E-state index contributed by atoms with van der Waals surface area (Å²) in [6, 6.07) is 11.1. The Kier molecular flexibility index (Phi) is 14.8.